The lowest BCUT2D eigenvalue weighted by Gasteiger charge is -2.09. The normalized spacial score (nSPS) is 9.47. The molecule has 0 saturated carbocycles. The van der Waals surface area contributed by atoms with Gasteiger partial charge in [-0.1, -0.05) is 12.1 Å². The molecule has 0 bridgehead atoms. The monoisotopic (exact) mass is 253 g/mol. The van der Waals surface area contributed by atoms with E-state index in [2.05, 4.69) is 10.3 Å². The average Bonchev–Trinajstić information content (AvgIpc) is 2.47. The molecule has 0 spiro atoms. The number of nitrogens with zero attached hydrogens (tertiary/aromatic N) is 2. The number of amides is 1. The van der Waals surface area contributed by atoms with E-state index in [4.69, 9.17) is 10.00 Å². The van der Waals surface area contributed by atoms with Crippen molar-refractivity contribution >= 4 is 11.6 Å². The van der Waals surface area contributed by atoms with Gasteiger partial charge in [-0.15, -0.1) is 0 Å². The zero-order valence-corrected chi connectivity index (χ0v) is 10.3. The number of pyridine rings is 1. The molecule has 1 heterocycles. The number of carbonyl (C=O) groups is 1. The molecule has 0 radical (unpaired) electrons. The third-order valence-electron chi connectivity index (χ3n) is 2.54. The number of para-hydroxylation sites is 1. The Morgan fingerprint density at radius 3 is 2.89 bits per heavy atom. The molecule has 0 aliphatic rings. The number of hydrogen-bond acceptors (Lipinski definition) is 4. The van der Waals surface area contributed by atoms with Gasteiger partial charge in [0.25, 0.3) is 5.91 Å². The van der Waals surface area contributed by atoms with E-state index in [9.17, 15) is 4.79 Å². The minimum absolute atomic E-state index is 0.345. The number of benzene rings is 1. The lowest BCUT2D eigenvalue weighted by atomic mass is 10.1. The molecule has 0 aliphatic carbocycles. The number of methoxy groups -OCH3 is 1. The Kier molecular flexibility index (Phi) is 3.74. The first-order valence-electron chi connectivity index (χ1n) is 5.54. The van der Waals surface area contributed by atoms with Crippen molar-refractivity contribution in [3.8, 4) is 11.8 Å². The van der Waals surface area contributed by atoms with E-state index in [-0.39, 0.29) is 5.91 Å². The van der Waals surface area contributed by atoms with Crippen LogP contribution in [0.25, 0.3) is 0 Å². The third kappa shape index (κ3) is 2.69. The topological polar surface area (TPSA) is 75.0 Å². The first-order chi connectivity index (χ1) is 9.26. The smallest absolute Gasteiger partial charge is 0.259 e. The van der Waals surface area contributed by atoms with Crippen molar-refractivity contribution < 1.29 is 9.53 Å². The maximum atomic E-state index is 12.1. The summed E-state index contributed by atoms with van der Waals surface area (Å²) in [5.74, 6) is 0.0383. The molecule has 1 amide bonds. The maximum absolute atomic E-state index is 12.1. The Hall–Kier alpha value is -2.87. The summed E-state index contributed by atoms with van der Waals surface area (Å²) in [6, 6.07) is 10.4. The zero-order valence-electron chi connectivity index (χ0n) is 10.3. The maximum Gasteiger partial charge on any atom is 0.259 e. The van der Waals surface area contributed by atoms with Crippen LogP contribution in [0.5, 0.6) is 5.75 Å². The molecule has 0 atom stereocenters. The van der Waals surface area contributed by atoms with Gasteiger partial charge in [-0.05, 0) is 18.2 Å². The summed E-state index contributed by atoms with van der Waals surface area (Å²) >= 11 is 0. The van der Waals surface area contributed by atoms with E-state index < -0.39 is 0 Å². The molecule has 19 heavy (non-hydrogen) atoms. The van der Waals surface area contributed by atoms with Gasteiger partial charge in [-0.2, -0.15) is 5.26 Å². The Morgan fingerprint density at radius 2 is 2.16 bits per heavy atom. The van der Waals surface area contributed by atoms with Crippen molar-refractivity contribution in [2.45, 2.75) is 0 Å². The Balaban J connectivity index is 2.29. The quantitative estimate of drug-likeness (QED) is 0.910. The van der Waals surface area contributed by atoms with Crippen LogP contribution in [0.15, 0.2) is 42.7 Å². The third-order valence-corrected chi connectivity index (χ3v) is 2.54. The second-order valence-electron chi connectivity index (χ2n) is 3.69. The van der Waals surface area contributed by atoms with E-state index in [1.807, 2.05) is 6.07 Å². The fourth-order valence-electron chi connectivity index (χ4n) is 1.61. The first-order valence-corrected chi connectivity index (χ1v) is 5.54. The highest BCUT2D eigenvalue weighted by molar-refractivity contribution is 6.06. The van der Waals surface area contributed by atoms with Crippen molar-refractivity contribution in [1.82, 2.24) is 4.98 Å². The van der Waals surface area contributed by atoms with Crippen molar-refractivity contribution in [2.75, 3.05) is 12.4 Å². The molecule has 1 aromatic heterocycles. The van der Waals surface area contributed by atoms with Gasteiger partial charge >= 0.3 is 0 Å². The highest BCUT2D eigenvalue weighted by Gasteiger charge is 2.13. The molecule has 0 unspecified atom stereocenters. The van der Waals surface area contributed by atoms with Crippen molar-refractivity contribution in [3.63, 3.8) is 0 Å². The summed E-state index contributed by atoms with van der Waals surface area (Å²) < 4.78 is 5.07. The van der Waals surface area contributed by atoms with Crippen LogP contribution in [0.1, 0.15) is 15.9 Å². The van der Waals surface area contributed by atoms with Gasteiger partial charge < -0.3 is 10.1 Å². The molecule has 5 nitrogen and oxygen atoms in total. The minimum atomic E-state index is -0.345. The number of ether oxygens (including phenoxy) is 1. The highest BCUT2D eigenvalue weighted by Crippen LogP contribution is 2.19. The predicted molar refractivity (Wildman–Crippen MR) is 69.9 cm³/mol. The number of rotatable bonds is 3. The SMILES string of the molecule is COc1cnccc1C(=O)Nc1ccccc1C#N. The van der Waals surface area contributed by atoms with Crippen LogP contribution in [-0.2, 0) is 0 Å². The van der Waals surface area contributed by atoms with Gasteiger partial charge in [-0.3, -0.25) is 9.78 Å². The highest BCUT2D eigenvalue weighted by atomic mass is 16.5. The second kappa shape index (κ2) is 5.65. The van der Waals surface area contributed by atoms with E-state index in [0.29, 0.717) is 22.6 Å². The van der Waals surface area contributed by atoms with E-state index >= 15 is 0 Å². The molecular formula is C14H11N3O2. The molecule has 2 aromatic rings. The van der Waals surface area contributed by atoms with Gasteiger partial charge in [0.15, 0.2) is 0 Å². The summed E-state index contributed by atoms with van der Waals surface area (Å²) in [6.07, 6.45) is 2.97. The molecule has 0 saturated heterocycles. The predicted octanol–water partition coefficient (Wildman–Crippen LogP) is 2.21. The number of nitrogens with one attached hydrogen (secondary N) is 1. The number of nitriles is 1. The van der Waals surface area contributed by atoms with Gasteiger partial charge in [-0.25, -0.2) is 0 Å². The lowest BCUT2D eigenvalue weighted by molar-refractivity contribution is 0.102. The summed E-state index contributed by atoms with van der Waals surface area (Å²) in [4.78, 5) is 16.0. The molecule has 0 fully saturated rings. The summed E-state index contributed by atoms with van der Waals surface area (Å²) in [6.45, 7) is 0. The fraction of sp³-hybridized carbons (Fsp3) is 0.0714. The molecule has 1 N–H and O–H groups in total. The van der Waals surface area contributed by atoms with Gasteiger partial charge in [0, 0.05) is 6.20 Å². The van der Waals surface area contributed by atoms with Crippen LogP contribution < -0.4 is 10.1 Å². The van der Waals surface area contributed by atoms with Gasteiger partial charge in [0.2, 0.25) is 0 Å². The van der Waals surface area contributed by atoms with Crippen molar-refractivity contribution in [2.24, 2.45) is 0 Å². The van der Waals surface area contributed by atoms with E-state index in [1.165, 1.54) is 19.5 Å². The number of carbonyl (C=O) groups excluding carboxylic acids is 1. The van der Waals surface area contributed by atoms with Gasteiger partial charge in [0.05, 0.1) is 30.1 Å². The minimum Gasteiger partial charge on any atom is -0.494 e. The van der Waals surface area contributed by atoms with Crippen LogP contribution in [0.2, 0.25) is 0 Å². The number of hydrogen-bond donors (Lipinski definition) is 1. The zero-order chi connectivity index (χ0) is 13.7. The molecular weight excluding hydrogens is 242 g/mol. The molecule has 5 heteroatoms. The van der Waals surface area contributed by atoms with Crippen LogP contribution >= 0.6 is 0 Å². The Bertz CT molecular complexity index is 647. The number of anilines is 1. The summed E-state index contributed by atoms with van der Waals surface area (Å²) in [5, 5.41) is 11.6. The largest absolute Gasteiger partial charge is 0.494 e. The summed E-state index contributed by atoms with van der Waals surface area (Å²) in [7, 11) is 1.47. The molecule has 94 valence electrons. The fourth-order valence-corrected chi connectivity index (χ4v) is 1.61. The van der Waals surface area contributed by atoms with Crippen molar-refractivity contribution in [3.05, 3.63) is 53.9 Å². The second-order valence-corrected chi connectivity index (χ2v) is 3.69. The van der Waals surface area contributed by atoms with Crippen LogP contribution in [0.3, 0.4) is 0 Å². The Labute approximate surface area is 110 Å². The Morgan fingerprint density at radius 1 is 1.37 bits per heavy atom. The van der Waals surface area contributed by atoms with Crippen molar-refractivity contribution in [1.29, 1.82) is 5.26 Å². The van der Waals surface area contributed by atoms with Crippen LogP contribution in [-0.4, -0.2) is 18.0 Å². The standard InChI is InChI=1S/C14H11N3O2/c1-19-13-9-16-7-6-11(13)14(18)17-12-5-3-2-4-10(12)8-15/h2-7,9H,1H3,(H,17,18). The average molecular weight is 253 g/mol. The first kappa shape index (κ1) is 12.6. The van der Waals surface area contributed by atoms with Gasteiger partial charge in [0.1, 0.15) is 11.8 Å². The molecule has 1 aromatic carbocycles. The lowest BCUT2D eigenvalue weighted by Crippen LogP contribution is -2.14. The van der Waals surface area contributed by atoms with E-state index in [1.54, 1.807) is 30.3 Å². The van der Waals surface area contributed by atoms with E-state index in [0.717, 1.165) is 0 Å². The number of aromatic nitrogens is 1. The van der Waals surface area contributed by atoms with Crippen LogP contribution in [0.4, 0.5) is 5.69 Å². The molecule has 0 aliphatic heterocycles. The molecule has 2 rings (SSSR count). The van der Waals surface area contributed by atoms with Crippen LogP contribution in [0, 0.1) is 11.3 Å². The summed E-state index contributed by atoms with van der Waals surface area (Å²) in [5.41, 5.74) is 1.24.